The maximum absolute atomic E-state index is 11.6. The third-order valence-corrected chi connectivity index (χ3v) is 3.34. The number of ether oxygens (including phenoxy) is 1. The second-order valence-electron chi connectivity index (χ2n) is 4.79. The second-order valence-corrected chi connectivity index (χ2v) is 4.79. The highest BCUT2D eigenvalue weighted by molar-refractivity contribution is 5.98. The number of carbonyl (C=O) groups is 1. The van der Waals surface area contributed by atoms with E-state index in [1.807, 2.05) is 6.07 Å². The normalized spacial score (nSPS) is 12.2. The Hall–Kier alpha value is -1.75. The average Bonchev–Trinajstić information content (AvgIpc) is 2.46. The van der Waals surface area contributed by atoms with E-state index in [2.05, 4.69) is 31.0 Å². The lowest BCUT2D eigenvalue weighted by Crippen LogP contribution is -2.35. The van der Waals surface area contributed by atoms with Crippen molar-refractivity contribution in [2.24, 2.45) is 0 Å². The number of nitrogens with one attached hydrogen (secondary N) is 1. The number of carbonyl (C=O) groups excluding carboxylic acids is 1. The summed E-state index contributed by atoms with van der Waals surface area (Å²) in [5.74, 6) is -0.414. The fraction of sp³-hybridized carbons (Fsp3) is 0.533. The number of hydrogen-bond acceptors (Lipinski definition) is 5. The monoisotopic (exact) mass is 279 g/mol. The van der Waals surface area contributed by atoms with Crippen molar-refractivity contribution in [2.75, 3.05) is 37.8 Å². The fourth-order valence-corrected chi connectivity index (χ4v) is 2.16. The van der Waals surface area contributed by atoms with Gasteiger partial charge in [0.25, 0.3) is 0 Å². The summed E-state index contributed by atoms with van der Waals surface area (Å²) in [4.78, 5) is 13.9. The van der Waals surface area contributed by atoms with E-state index in [1.54, 1.807) is 12.1 Å². The van der Waals surface area contributed by atoms with Crippen molar-refractivity contribution in [1.29, 1.82) is 0 Å². The molecule has 1 rings (SSSR count). The molecule has 0 aliphatic rings. The van der Waals surface area contributed by atoms with Crippen LogP contribution in [0.5, 0.6) is 0 Å². The first-order valence-electron chi connectivity index (χ1n) is 6.99. The molecule has 0 aliphatic carbocycles. The second kappa shape index (κ2) is 7.75. The van der Waals surface area contributed by atoms with Gasteiger partial charge in [-0.05, 0) is 32.1 Å². The molecular formula is C15H25N3O2. The molecule has 0 aromatic heterocycles. The number of anilines is 2. The molecule has 3 N–H and O–H groups in total. The first-order chi connectivity index (χ1) is 9.53. The van der Waals surface area contributed by atoms with Gasteiger partial charge < -0.3 is 20.7 Å². The third-order valence-electron chi connectivity index (χ3n) is 3.34. The van der Waals surface area contributed by atoms with Gasteiger partial charge in [-0.15, -0.1) is 0 Å². The van der Waals surface area contributed by atoms with Crippen LogP contribution in [0.3, 0.4) is 0 Å². The van der Waals surface area contributed by atoms with Gasteiger partial charge in [0.1, 0.15) is 0 Å². The van der Waals surface area contributed by atoms with Crippen molar-refractivity contribution < 1.29 is 9.53 Å². The molecule has 5 heteroatoms. The first kappa shape index (κ1) is 16.3. The first-order valence-corrected chi connectivity index (χ1v) is 6.99. The van der Waals surface area contributed by atoms with E-state index in [0.717, 1.165) is 25.3 Å². The molecule has 5 nitrogen and oxygen atoms in total. The van der Waals surface area contributed by atoms with E-state index < -0.39 is 5.97 Å². The van der Waals surface area contributed by atoms with Crippen LogP contribution in [-0.4, -0.2) is 43.7 Å². The number of hydrogen-bond donors (Lipinski definition) is 2. The highest BCUT2D eigenvalue weighted by atomic mass is 16.5. The molecule has 0 heterocycles. The smallest absolute Gasteiger partial charge is 0.340 e. The Kier molecular flexibility index (Phi) is 6.31. The zero-order valence-electron chi connectivity index (χ0n) is 12.8. The molecule has 1 atom stereocenters. The molecule has 0 fully saturated rings. The topological polar surface area (TPSA) is 67.6 Å². The van der Waals surface area contributed by atoms with Crippen molar-refractivity contribution in [2.45, 2.75) is 26.8 Å². The van der Waals surface area contributed by atoms with Crippen LogP contribution in [0.2, 0.25) is 0 Å². The number of nitrogens with zero attached hydrogens (tertiary/aromatic N) is 1. The Morgan fingerprint density at radius 1 is 1.40 bits per heavy atom. The van der Waals surface area contributed by atoms with Gasteiger partial charge in [-0.3, -0.25) is 0 Å². The summed E-state index contributed by atoms with van der Waals surface area (Å²) in [6.07, 6.45) is 0. The predicted octanol–water partition coefficient (Wildman–Crippen LogP) is 2.20. The molecule has 0 radical (unpaired) electrons. The van der Waals surface area contributed by atoms with Gasteiger partial charge in [0.15, 0.2) is 0 Å². The summed E-state index contributed by atoms with van der Waals surface area (Å²) in [5, 5.41) is 3.35. The van der Waals surface area contributed by atoms with Gasteiger partial charge in [-0.1, -0.05) is 19.9 Å². The summed E-state index contributed by atoms with van der Waals surface area (Å²) in [6, 6.07) is 5.59. The van der Waals surface area contributed by atoms with Crippen LogP contribution in [0.15, 0.2) is 18.2 Å². The Morgan fingerprint density at radius 3 is 2.60 bits per heavy atom. The number of nitrogens with two attached hydrogens (primary N) is 1. The molecule has 0 saturated heterocycles. The lowest BCUT2D eigenvalue weighted by atomic mass is 10.1. The van der Waals surface area contributed by atoms with Crippen LogP contribution >= 0.6 is 0 Å². The van der Waals surface area contributed by atoms with Gasteiger partial charge in [0.05, 0.1) is 24.0 Å². The molecule has 0 spiro atoms. The molecule has 1 aromatic carbocycles. The van der Waals surface area contributed by atoms with Crippen molar-refractivity contribution >= 4 is 17.3 Å². The Bertz CT molecular complexity index is 445. The molecule has 0 saturated carbocycles. The summed E-state index contributed by atoms with van der Waals surface area (Å²) < 4.78 is 4.72. The lowest BCUT2D eigenvalue weighted by Gasteiger charge is -2.25. The van der Waals surface area contributed by atoms with Crippen molar-refractivity contribution in [1.82, 2.24) is 4.90 Å². The van der Waals surface area contributed by atoms with E-state index in [1.165, 1.54) is 7.11 Å². The minimum Gasteiger partial charge on any atom is -0.465 e. The van der Waals surface area contributed by atoms with Crippen LogP contribution in [0, 0.1) is 0 Å². The number of benzene rings is 1. The average molecular weight is 279 g/mol. The van der Waals surface area contributed by atoms with Crippen molar-refractivity contribution in [3.63, 3.8) is 0 Å². The summed E-state index contributed by atoms with van der Waals surface area (Å²) in [5.41, 5.74) is 7.63. The Morgan fingerprint density at radius 2 is 2.05 bits per heavy atom. The number of likely N-dealkylation sites (N-methyl/N-ethyl adjacent to an activating group) is 1. The third kappa shape index (κ3) is 4.13. The maximum Gasteiger partial charge on any atom is 0.340 e. The molecule has 20 heavy (non-hydrogen) atoms. The Labute approximate surface area is 121 Å². The zero-order chi connectivity index (χ0) is 15.1. The predicted molar refractivity (Wildman–Crippen MR) is 83.1 cm³/mol. The van der Waals surface area contributed by atoms with Gasteiger partial charge in [-0.2, -0.15) is 0 Å². The number of methoxy groups -OCH3 is 1. The Balaban J connectivity index is 2.80. The lowest BCUT2D eigenvalue weighted by molar-refractivity contribution is 0.0602. The zero-order valence-corrected chi connectivity index (χ0v) is 12.8. The van der Waals surface area contributed by atoms with E-state index >= 15 is 0 Å². The molecule has 0 bridgehead atoms. The number of nitrogen functional groups attached to an aromatic ring is 1. The van der Waals surface area contributed by atoms with E-state index in [0.29, 0.717) is 11.3 Å². The number of rotatable bonds is 7. The van der Waals surface area contributed by atoms with Crippen LogP contribution < -0.4 is 11.1 Å². The highest BCUT2D eigenvalue weighted by Gasteiger charge is 2.14. The van der Waals surface area contributed by atoms with E-state index in [9.17, 15) is 4.79 Å². The minimum atomic E-state index is -0.414. The minimum absolute atomic E-state index is 0.241. The van der Waals surface area contributed by atoms with Gasteiger partial charge in [0.2, 0.25) is 0 Å². The standard InChI is InChI=1S/C15H25N3O2/c1-5-18(6-2)10-11(3)17-13-9-7-8-12(14(13)16)15(19)20-4/h7-9,11,17H,5-6,10,16H2,1-4H3. The fourth-order valence-electron chi connectivity index (χ4n) is 2.16. The summed E-state index contributed by atoms with van der Waals surface area (Å²) >= 11 is 0. The molecule has 0 amide bonds. The van der Waals surface area contributed by atoms with E-state index in [4.69, 9.17) is 10.5 Å². The molecule has 112 valence electrons. The number of para-hydroxylation sites is 1. The summed E-state index contributed by atoms with van der Waals surface area (Å²) in [7, 11) is 1.35. The SMILES string of the molecule is CCN(CC)CC(C)Nc1cccc(C(=O)OC)c1N. The van der Waals surface area contributed by atoms with Crippen molar-refractivity contribution in [3.8, 4) is 0 Å². The van der Waals surface area contributed by atoms with Gasteiger partial charge in [-0.25, -0.2) is 4.79 Å². The quantitative estimate of drug-likeness (QED) is 0.591. The van der Waals surface area contributed by atoms with Crippen molar-refractivity contribution in [3.05, 3.63) is 23.8 Å². The van der Waals surface area contributed by atoms with Crippen LogP contribution in [0.1, 0.15) is 31.1 Å². The molecule has 0 aliphatic heterocycles. The van der Waals surface area contributed by atoms with Crippen LogP contribution in [0.25, 0.3) is 0 Å². The number of esters is 1. The molecule has 1 unspecified atom stereocenters. The molecule has 1 aromatic rings. The highest BCUT2D eigenvalue weighted by Crippen LogP contribution is 2.24. The van der Waals surface area contributed by atoms with Gasteiger partial charge >= 0.3 is 5.97 Å². The largest absolute Gasteiger partial charge is 0.465 e. The van der Waals surface area contributed by atoms with Crippen LogP contribution in [0.4, 0.5) is 11.4 Å². The maximum atomic E-state index is 11.6. The van der Waals surface area contributed by atoms with Crippen LogP contribution in [-0.2, 0) is 4.74 Å². The van der Waals surface area contributed by atoms with Gasteiger partial charge in [0, 0.05) is 12.6 Å². The summed E-state index contributed by atoms with van der Waals surface area (Å²) in [6.45, 7) is 9.34. The van der Waals surface area contributed by atoms with E-state index in [-0.39, 0.29) is 6.04 Å². The molecular weight excluding hydrogens is 254 g/mol.